The highest BCUT2D eigenvalue weighted by molar-refractivity contribution is 5.19. The highest BCUT2D eigenvalue weighted by Gasteiger charge is 2.28. The SMILES string of the molecule is Fc1cccc(CN2CCNC(C3CCCCC3)C2)c1F. The topological polar surface area (TPSA) is 15.3 Å². The Morgan fingerprint density at radius 1 is 1.14 bits per heavy atom. The molecule has 1 aliphatic heterocycles. The molecule has 0 bridgehead atoms. The quantitative estimate of drug-likeness (QED) is 0.920. The molecule has 1 saturated carbocycles. The Balaban J connectivity index is 1.62. The van der Waals surface area contributed by atoms with E-state index >= 15 is 0 Å². The van der Waals surface area contributed by atoms with Gasteiger partial charge in [-0.2, -0.15) is 0 Å². The first-order chi connectivity index (χ1) is 10.2. The fourth-order valence-corrected chi connectivity index (χ4v) is 3.75. The first-order valence-corrected chi connectivity index (χ1v) is 8.12. The molecule has 2 fully saturated rings. The Labute approximate surface area is 125 Å². The van der Waals surface area contributed by atoms with Crippen molar-refractivity contribution in [2.24, 2.45) is 5.92 Å². The summed E-state index contributed by atoms with van der Waals surface area (Å²) < 4.78 is 27.1. The van der Waals surface area contributed by atoms with Crippen molar-refractivity contribution >= 4 is 0 Å². The fourth-order valence-electron chi connectivity index (χ4n) is 3.75. The van der Waals surface area contributed by atoms with Gasteiger partial charge in [-0.15, -0.1) is 0 Å². The van der Waals surface area contributed by atoms with E-state index in [1.54, 1.807) is 12.1 Å². The normalized spacial score (nSPS) is 25.1. The van der Waals surface area contributed by atoms with E-state index in [0.29, 0.717) is 18.2 Å². The van der Waals surface area contributed by atoms with Gasteiger partial charge in [-0.05, 0) is 24.8 Å². The molecule has 1 aliphatic carbocycles. The molecular formula is C17H24F2N2. The molecule has 1 atom stereocenters. The van der Waals surface area contributed by atoms with Gasteiger partial charge in [0.05, 0.1) is 0 Å². The lowest BCUT2D eigenvalue weighted by atomic mass is 9.83. The van der Waals surface area contributed by atoms with E-state index < -0.39 is 11.6 Å². The summed E-state index contributed by atoms with van der Waals surface area (Å²) in [5, 5.41) is 3.62. The zero-order chi connectivity index (χ0) is 14.7. The summed E-state index contributed by atoms with van der Waals surface area (Å²) in [6, 6.07) is 4.97. The van der Waals surface area contributed by atoms with Crippen LogP contribution in [0.1, 0.15) is 37.7 Å². The van der Waals surface area contributed by atoms with E-state index in [-0.39, 0.29) is 0 Å². The van der Waals surface area contributed by atoms with E-state index in [1.807, 2.05) is 0 Å². The lowest BCUT2D eigenvalue weighted by Gasteiger charge is -2.39. The van der Waals surface area contributed by atoms with Gasteiger partial charge < -0.3 is 5.32 Å². The molecule has 0 aromatic heterocycles. The maximum atomic E-state index is 13.8. The third kappa shape index (κ3) is 3.61. The second-order valence-corrected chi connectivity index (χ2v) is 6.41. The highest BCUT2D eigenvalue weighted by Crippen LogP contribution is 2.28. The lowest BCUT2D eigenvalue weighted by Crippen LogP contribution is -2.53. The summed E-state index contributed by atoms with van der Waals surface area (Å²) in [4.78, 5) is 2.26. The molecule has 1 aromatic rings. The van der Waals surface area contributed by atoms with Crippen LogP contribution in [0.15, 0.2) is 18.2 Å². The van der Waals surface area contributed by atoms with E-state index in [0.717, 1.165) is 25.6 Å². The van der Waals surface area contributed by atoms with Crippen molar-refractivity contribution in [3.05, 3.63) is 35.4 Å². The average molecular weight is 294 g/mol. The van der Waals surface area contributed by atoms with Gasteiger partial charge in [-0.25, -0.2) is 8.78 Å². The second-order valence-electron chi connectivity index (χ2n) is 6.41. The number of benzene rings is 1. The van der Waals surface area contributed by atoms with Crippen molar-refractivity contribution in [3.8, 4) is 0 Å². The zero-order valence-corrected chi connectivity index (χ0v) is 12.5. The largest absolute Gasteiger partial charge is 0.311 e. The molecule has 2 nitrogen and oxygen atoms in total. The van der Waals surface area contributed by atoms with Crippen LogP contribution < -0.4 is 5.32 Å². The highest BCUT2D eigenvalue weighted by atomic mass is 19.2. The van der Waals surface area contributed by atoms with Crippen LogP contribution in [0.2, 0.25) is 0 Å². The molecule has 1 aromatic carbocycles. The van der Waals surface area contributed by atoms with E-state index in [9.17, 15) is 8.78 Å². The molecule has 1 unspecified atom stereocenters. The maximum Gasteiger partial charge on any atom is 0.163 e. The van der Waals surface area contributed by atoms with Gasteiger partial charge in [-0.3, -0.25) is 4.90 Å². The zero-order valence-electron chi connectivity index (χ0n) is 12.5. The van der Waals surface area contributed by atoms with Gasteiger partial charge in [0.1, 0.15) is 0 Å². The molecule has 0 radical (unpaired) electrons. The summed E-state index contributed by atoms with van der Waals surface area (Å²) in [7, 11) is 0. The number of halogens is 2. The number of nitrogens with one attached hydrogen (secondary N) is 1. The number of nitrogens with zero attached hydrogens (tertiary/aromatic N) is 1. The minimum absolute atomic E-state index is 0.472. The van der Waals surface area contributed by atoms with Crippen LogP contribution in [0, 0.1) is 17.6 Å². The molecule has 0 amide bonds. The molecule has 3 rings (SSSR count). The Bertz CT molecular complexity index is 472. The summed E-state index contributed by atoms with van der Waals surface area (Å²) in [5.74, 6) is -0.685. The first-order valence-electron chi connectivity index (χ1n) is 8.12. The van der Waals surface area contributed by atoms with Gasteiger partial charge in [-0.1, -0.05) is 31.4 Å². The second kappa shape index (κ2) is 6.84. The molecular weight excluding hydrogens is 270 g/mol. The Kier molecular flexibility index (Phi) is 4.86. The lowest BCUT2D eigenvalue weighted by molar-refractivity contribution is 0.139. The molecule has 116 valence electrons. The standard InChI is InChI=1S/C17H24F2N2/c18-15-8-4-7-14(17(15)19)11-21-10-9-20-16(12-21)13-5-2-1-3-6-13/h4,7-8,13,16,20H,1-3,5-6,9-12H2. The van der Waals surface area contributed by atoms with Gasteiger partial charge in [0.15, 0.2) is 11.6 Å². The third-order valence-corrected chi connectivity index (χ3v) is 4.93. The van der Waals surface area contributed by atoms with Crippen molar-refractivity contribution in [2.45, 2.75) is 44.7 Å². The van der Waals surface area contributed by atoms with Gasteiger partial charge >= 0.3 is 0 Å². The molecule has 2 aliphatic rings. The monoisotopic (exact) mass is 294 g/mol. The van der Waals surface area contributed by atoms with Crippen LogP contribution in [0.3, 0.4) is 0 Å². The summed E-state index contributed by atoms with van der Waals surface area (Å²) in [6.07, 6.45) is 6.64. The Morgan fingerprint density at radius 2 is 1.95 bits per heavy atom. The van der Waals surface area contributed by atoms with E-state index in [1.165, 1.54) is 38.2 Å². The van der Waals surface area contributed by atoms with Gasteiger partial charge in [0.25, 0.3) is 0 Å². The molecule has 4 heteroatoms. The molecule has 1 N–H and O–H groups in total. The summed E-state index contributed by atoms with van der Waals surface area (Å²) in [5.41, 5.74) is 0.472. The van der Waals surface area contributed by atoms with Gasteiger partial charge in [0, 0.05) is 37.8 Å². The predicted octanol–water partition coefficient (Wildman–Crippen LogP) is 3.32. The van der Waals surface area contributed by atoms with Crippen molar-refractivity contribution in [1.82, 2.24) is 10.2 Å². The third-order valence-electron chi connectivity index (χ3n) is 4.93. The predicted molar refractivity (Wildman–Crippen MR) is 80.0 cm³/mol. The average Bonchev–Trinajstić information content (AvgIpc) is 2.53. The van der Waals surface area contributed by atoms with E-state index in [2.05, 4.69) is 10.2 Å². The van der Waals surface area contributed by atoms with Crippen molar-refractivity contribution < 1.29 is 8.78 Å². The molecule has 1 saturated heterocycles. The van der Waals surface area contributed by atoms with Crippen LogP contribution in [0.25, 0.3) is 0 Å². The fraction of sp³-hybridized carbons (Fsp3) is 0.647. The smallest absolute Gasteiger partial charge is 0.163 e. The number of rotatable bonds is 3. The number of hydrogen-bond donors (Lipinski definition) is 1. The summed E-state index contributed by atoms with van der Waals surface area (Å²) >= 11 is 0. The minimum Gasteiger partial charge on any atom is -0.311 e. The van der Waals surface area contributed by atoms with Crippen LogP contribution in [0.4, 0.5) is 8.78 Å². The van der Waals surface area contributed by atoms with E-state index in [4.69, 9.17) is 0 Å². The maximum absolute atomic E-state index is 13.8. The Morgan fingerprint density at radius 3 is 2.76 bits per heavy atom. The minimum atomic E-state index is -0.744. The molecule has 1 heterocycles. The molecule has 21 heavy (non-hydrogen) atoms. The Hall–Kier alpha value is -1.00. The van der Waals surface area contributed by atoms with Crippen LogP contribution in [0.5, 0.6) is 0 Å². The van der Waals surface area contributed by atoms with Crippen molar-refractivity contribution in [1.29, 1.82) is 0 Å². The van der Waals surface area contributed by atoms with Crippen LogP contribution in [-0.4, -0.2) is 30.6 Å². The summed E-state index contributed by atoms with van der Waals surface area (Å²) in [6.45, 7) is 3.30. The number of hydrogen-bond acceptors (Lipinski definition) is 2. The van der Waals surface area contributed by atoms with Crippen LogP contribution in [-0.2, 0) is 6.54 Å². The number of piperazine rings is 1. The van der Waals surface area contributed by atoms with Gasteiger partial charge in [0.2, 0.25) is 0 Å². The van der Waals surface area contributed by atoms with Crippen molar-refractivity contribution in [3.63, 3.8) is 0 Å². The molecule has 0 spiro atoms. The first kappa shape index (κ1) is 14.9. The van der Waals surface area contributed by atoms with Crippen LogP contribution >= 0.6 is 0 Å². The van der Waals surface area contributed by atoms with Crippen molar-refractivity contribution in [2.75, 3.05) is 19.6 Å².